The standard InChI is InChI=1S/C22H24ClN3O4S2/c1-3-26(4-2)32(29,30)18-11-12-21(28)25(14-18)15-20(27)24-22(19-6-5-13-31-19)16-7-9-17(23)10-8-16/h5-14,22H,3-4,15H2,1-2H3,(H,24,27). The minimum atomic E-state index is -3.75. The molecule has 0 spiro atoms. The Morgan fingerprint density at radius 1 is 1.12 bits per heavy atom. The molecule has 0 bridgehead atoms. The van der Waals surface area contributed by atoms with E-state index in [-0.39, 0.29) is 11.4 Å². The number of amides is 1. The highest BCUT2D eigenvalue weighted by molar-refractivity contribution is 7.89. The number of pyridine rings is 1. The summed E-state index contributed by atoms with van der Waals surface area (Å²) in [5.74, 6) is -0.419. The maximum absolute atomic E-state index is 12.9. The van der Waals surface area contributed by atoms with Crippen LogP contribution in [-0.4, -0.2) is 36.3 Å². The number of halogens is 1. The SMILES string of the molecule is CCN(CC)S(=O)(=O)c1ccc(=O)n(CC(=O)NC(c2ccc(Cl)cc2)c2cccs2)c1. The van der Waals surface area contributed by atoms with Gasteiger partial charge in [0.2, 0.25) is 15.9 Å². The molecule has 1 aromatic carbocycles. The summed E-state index contributed by atoms with van der Waals surface area (Å²) in [5.41, 5.74) is 0.383. The summed E-state index contributed by atoms with van der Waals surface area (Å²) < 4.78 is 28.0. The first-order valence-electron chi connectivity index (χ1n) is 10.0. The highest BCUT2D eigenvalue weighted by Crippen LogP contribution is 2.27. The summed E-state index contributed by atoms with van der Waals surface area (Å²) in [7, 11) is -3.75. The molecule has 170 valence electrons. The van der Waals surface area contributed by atoms with E-state index < -0.39 is 27.5 Å². The Morgan fingerprint density at radius 3 is 2.41 bits per heavy atom. The topological polar surface area (TPSA) is 88.5 Å². The maximum atomic E-state index is 12.9. The Kier molecular flexibility index (Phi) is 7.89. The van der Waals surface area contributed by atoms with Gasteiger partial charge in [0.05, 0.1) is 10.9 Å². The van der Waals surface area contributed by atoms with E-state index in [4.69, 9.17) is 11.6 Å². The van der Waals surface area contributed by atoms with Gasteiger partial charge >= 0.3 is 0 Å². The molecule has 1 amide bonds. The first kappa shape index (κ1) is 24.2. The molecule has 1 N–H and O–H groups in total. The van der Waals surface area contributed by atoms with E-state index in [1.165, 1.54) is 34.0 Å². The molecule has 0 aliphatic carbocycles. The van der Waals surface area contributed by atoms with Crippen LogP contribution in [0.5, 0.6) is 0 Å². The van der Waals surface area contributed by atoms with E-state index in [0.29, 0.717) is 18.1 Å². The number of carbonyl (C=O) groups is 1. The second-order valence-corrected chi connectivity index (χ2v) is 10.3. The van der Waals surface area contributed by atoms with Crippen molar-refractivity contribution < 1.29 is 13.2 Å². The third-order valence-electron chi connectivity index (χ3n) is 4.95. The molecule has 0 fully saturated rings. The van der Waals surface area contributed by atoms with E-state index >= 15 is 0 Å². The summed E-state index contributed by atoms with van der Waals surface area (Å²) in [5, 5.41) is 5.44. The first-order chi connectivity index (χ1) is 15.3. The monoisotopic (exact) mass is 493 g/mol. The third kappa shape index (κ3) is 5.47. The molecule has 0 aliphatic heterocycles. The van der Waals surface area contributed by atoms with E-state index in [1.54, 1.807) is 26.0 Å². The van der Waals surface area contributed by atoms with Crippen molar-refractivity contribution >= 4 is 38.9 Å². The van der Waals surface area contributed by atoms with Crippen LogP contribution in [0.2, 0.25) is 5.02 Å². The van der Waals surface area contributed by atoms with E-state index in [0.717, 1.165) is 15.0 Å². The third-order valence-corrected chi connectivity index (χ3v) is 8.17. The highest BCUT2D eigenvalue weighted by Gasteiger charge is 2.23. The molecule has 10 heteroatoms. The van der Waals surface area contributed by atoms with Crippen LogP contribution in [0.1, 0.15) is 30.3 Å². The first-order valence-corrected chi connectivity index (χ1v) is 12.7. The number of nitrogens with one attached hydrogen (secondary N) is 1. The number of thiophene rings is 1. The summed E-state index contributed by atoms with van der Waals surface area (Å²) in [6, 6.07) is 13.0. The summed E-state index contributed by atoms with van der Waals surface area (Å²) in [6.07, 6.45) is 1.22. The zero-order valence-electron chi connectivity index (χ0n) is 17.7. The largest absolute Gasteiger partial charge is 0.343 e. The molecule has 1 unspecified atom stereocenters. The number of hydrogen-bond acceptors (Lipinski definition) is 5. The van der Waals surface area contributed by atoms with Crippen LogP contribution >= 0.6 is 22.9 Å². The van der Waals surface area contributed by atoms with Crippen LogP contribution in [0, 0.1) is 0 Å². The van der Waals surface area contributed by atoms with Crippen LogP contribution in [0.4, 0.5) is 0 Å². The molecule has 2 aromatic heterocycles. The second kappa shape index (κ2) is 10.4. The Labute approximate surface area is 196 Å². The predicted octanol–water partition coefficient (Wildman–Crippen LogP) is 3.50. The normalized spacial score (nSPS) is 12.6. The minimum Gasteiger partial charge on any atom is -0.343 e. The number of hydrogen-bond donors (Lipinski definition) is 1. The van der Waals surface area contributed by atoms with Gasteiger partial charge < -0.3 is 9.88 Å². The van der Waals surface area contributed by atoms with Gasteiger partial charge in [0, 0.05) is 35.3 Å². The lowest BCUT2D eigenvalue weighted by atomic mass is 10.1. The number of sulfonamides is 1. The Bertz CT molecular complexity index is 1220. The van der Waals surface area contributed by atoms with Crippen molar-refractivity contribution in [2.75, 3.05) is 13.1 Å². The Morgan fingerprint density at radius 2 is 1.81 bits per heavy atom. The summed E-state index contributed by atoms with van der Waals surface area (Å²) in [6.45, 7) is 3.79. The zero-order chi connectivity index (χ0) is 23.3. The lowest BCUT2D eigenvalue weighted by molar-refractivity contribution is -0.122. The highest BCUT2D eigenvalue weighted by atomic mass is 35.5. The molecule has 3 aromatic rings. The number of benzene rings is 1. The Balaban J connectivity index is 1.86. The molecule has 1 atom stereocenters. The van der Waals surface area contributed by atoms with Gasteiger partial charge in [-0.2, -0.15) is 4.31 Å². The van der Waals surface area contributed by atoms with Crippen molar-refractivity contribution in [2.45, 2.75) is 31.3 Å². The predicted molar refractivity (Wildman–Crippen MR) is 127 cm³/mol. The van der Waals surface area contributed by atoms with Gasteiger partial charge in [-0.25, -0.2) is 8.42 Å². The number of carbonyl (C=O) groups excluding carboxylic acids is 1. The van der Waals surface area contributed by atoms with Gasteiger partial charge in [-0.1, -0.05) is 43.6 Å². The average molecular weight is 494 g/mol. The lowest BCUT2D eigenvalue weighted by Gasteiger charge is -2.20. The van der Waals surface area contributed by atoms with Crippen molar-refractivity contribution in [3.63, 3.8) is 0 Å². The second-order valence-electron chi connectivity index (χ2n) is 6.99. The van der Waals surface area contributed by atoms with Crippen molar-refractivity contribution in [3.05, 3.63) is 85.9 Å². The van der Waals surface area contributed by atoms with Gasteiger partial charge in [-0.05, 0) is 35.2 Å². The van der Waals surface area contributed by atoms with Crippen molar-refractivity contribution in [1.29, 1.82) is 0 Å². The van der Waals surface area contributed by atoms with Crippen LogP contribution in [0.3, 0.4) is 0 Å². The fraction of sp³-hybridized carbons (Fsp3) is 0.273. The molecule has 0 saturated carbocycles. The Hall–Kier alpha value is -2.46. The smallest absolute Gasteiger partial charge is 0.251 e. The molecular formula is C22H24ClN3O4S2. The van der Waals surface area contributed by atoms with Crippen molar-refractivity contribution in [3.8, 4) is 0 Å². The van der Waals surface area contributed by atoms with Crippen LogP contribution in [0.25, 0.3) is 0 Å². The van der Waals surface area contributed by atoms with Crippen molar-refractivity contribution in [1.82, 2.24) is 14.2 Å². The molecular weight excluding hydrogens is 470 g/mol. The van der Waals surface area contributed by atoms with E-state index in [2.05, 4.69) is 5.32 Å². The fourth-order valence-electron chi connectivity index (χ4n) is 3.29. The summed E-state index contributed by atoms with van der Waals surface area (Å²) >= 11 is 7.49. The molecule has 2 heterocycles. The summed E-state index contributed by atoms with van der Waals surface area (Å²) in [4.78, 5) is 26.1. The van der Waals surface area contributed by atoms with Gasteiger partial charge in [0.25, 0.3) is 5.56 Å². The van der Waals surface area contributed by atoms with Crippen LogP contribution in [-0.2, 0) is 21.4 Å². The molecule has 0 aliphatic rings. The molecule has 32 heavy (non-hydrogen) atoms. The van der Waals surface area contributed by atoms with Gasteiger partial charge in [-0.3, -0.25) is 9.59 Å². The van der Waals surface area contributed by atoms with Crippen LogP contribution < -0.4 is 10.9 Å². The minimum absolute atomic E-state index is 0.0268. The van der Waals surface area contributed by atoms with Crippen molar-refractivity contribution in [2.24, 2.45) is 0 Å². The lowest BCUT2D eigenvalue weighted by Crippen LogP contribution is -2.36. The number of nitrogens with zero attached hydrogens (tertiary/aromatic N) is 2. The quantitative estimate of drug-likeness (QED) is 0.494. The molecule has 0 radical (unpaired) electrons. The van der Waals surface area contributed by atoms with Gasteiger partial charge in [-0.15, -0.1) is 11.3 Å². The number of aromatic nitrogens is 1. The molecule has 7 nitrogen and oxygen atoms in total. The maximum Gasteiger partial charge on any atom is 0.251 e. The molecule has 3 rings (SSSR count). The molecule has 0 saturated heterocycles. The number of rotatable bonds is 9. The average Bonchev–Trinajstić information content (AvgIpc) is 3.29. The fourth-order valence-corrected chi connectivity index (χ4v) is 5.70. The van der Waals surface area contributed by atoms with Gasteiger partial charge in [0.15, 0.2) is 0 Å². The zero-order valence-corrected chi connectivity index (χ0v) is 20.1. The van der Waals surface area contributed by atoms with E-state index in [1.807, 2.05) is 29.6 Å². The van der Waals surface area contributed by atoms with Crippen LogP contribution in [0.15, 0.2) is 69.8 Å². The van der Waals surface area contributed by atoms with E-state index in [9.17, 15) is 18.0 Å². The van der Waals surface area contributed by atoms with Gasteiger partial charge in [0.1, 0.15) is 6.54 Å².